The van der Waals surface area contributed by atoms with Crippen molar-refractivity contribution in [3.05, 3.63) is 94.8 Å². The molecule has 0 saturated heterocycles. The minimum Gasteiger partial charge on any atom is -0.340 e. The Bertz CT molecular complexity index is 1550. The molecule has 0 bridgehead atoms. The third kappa shape index (κ3) is 3.89. The van der Waals surface area contributed by atoms with Gasteiger partial charge in [0.25, 0.3) is 5.56 Å². The first-order valence-corrected chi connectivity index (χ1v) is 10.8. The maximum atomic E-state index is 12.3. The number of aromatic nitrogens is 5. The highest BCUT2D eigenvalue weighted by atomic mass is 16.1. The van der Waals surface area contributed by atoms with E-state index < -0.39 is 0 Å². The van der Waals surface area contributed by atoms with E-state index in [2.05, 4.69) is 62.2 Å². The molecule has 3 aromatic carbocycles. The van der Waals surface area contributed by atoms with Gasteiger partial charge in [0.05, 0.1) is 5.39 Å². The van der Waals surface area contributed by atoms with Crippen LogP contribution in [0.25, 0.3) is 33.1 Å². The van der Waals surface area contributed by atoms with E-state index in [1.165, 1.54) is 16.3 Å². The van der Waals surface area contributed by atoms with Crippen LogP contribution in [0.5, 0.6) is 0 Å². The average molecular weight is 437 g/mol. The molecule has 7 heteroatoms. The van der Waals surface area contributed by atoms with Gasteiger partial charge in [-0.25, -0.2) is 5.10 Å². The van der Waals surface area contributed by atoms with Crippen molar-refractivity contribution >= 4 is 27.5 Å². The van der Waals surface area contributed by atoms with Crippen LogP contribution < -0.4 is 10.5 Å². The van der Waals surface area contributed by atoms with Crippen LogP contribution in [0.2, 0.25) is 0 Å². The van der Waals surface area contributed by atoms with Gasteiger partial charge in [0.15, 0.2) is 5.82 Å². The van der Waals surface area contributed by atoms with Gasteiger partial charge in [0.2, 0.25) is 5.95 Å². The molecular weight excluding hydrogens is 412 g/mol. The molecule has 0 aliphatic heterocycles. The Balaban J connectivity index is 1.57. The second-order valence-electron chi connectivity index (χ2n) is 8.35. The van der Waals surface area contributed by atoms with Gasteiger partial charge in [0.1, 0.15) is 5.69 Å². The number of fused-ring (bicyclic) bond motifs is 2. The summed E-state index contributed by atoms with van der Waals surface area (Å²) < 4.78 is 2.00. The first kappa shape index (κ1) is 20.6. The number of allylic oxidation sites excluding steroid dienone is 1. The molecule has 0 aliphatic carbocycles. The largest absolute Gasteiger partial charge is 0.340 e. The molecule has 0 atom stereocenters. The molecular formula is C26H24N6O. The van der Waals surface area contributed by atoms with Crippen LogP contribution in [0.4, 0.5) is 5.95 Å². The van der Waals surface area contributed by atoms with E-state index in [4.69, 9.17) is 0 Å². The molecule has 0 amide bonds. The van der Waals surface area contributed by atoms with Crippen molar-refractivity contribution in [1.29, 1.82) is 0 Å². The van der Waals surface area contributed by atoms with E-state index in [0.717, 1.165) is 11.0 Å². The Kier molecular flexibility index (Phi) is 5.22. The minimum atomic E-state index is -0.228. The fourth-order valence-electron chi connectivity index (χ4n) is 4.13. The predicted molar refractivity (Wildman–Crippen MR) is 132 cm³/mol. The molecule has 164 valence electrons. The average Bonchev–Trinajstić information content (AvgIpc) is 3.22. The van der Waals surface area contributed by atoms with Crippen molar-refractivity contribution in [1.82, 2.24) is 25.0 Å². The fourth-order valence-corrected chi connectivity index (χ4v) is 4.13. The molecule has 1 N–H and O–H groups in total. The molecule has 7 nitrogen and oxygen atoms in total. The zero-order valence-corrected chi connectivity index (χ0v) is 18.6. The molecule has 0 unspecified atom stereocenters. The van der Waals surface area contributed by atoms with Crippen molar-refractivity contribution in [2.45, 2.75) is 20.0 Å². The highest BCUT2D eigenvalue weighted by Crippen LogP contribution is 2.27. The highest BCUT2D eigenvalue weighted by Gasteiger charge is 2.21. The van der Waals surface area contributed by atoms with E-state index in [1.807, 2.05) is 48.9 Å². The zero-order valence-electron chi connectivity index (χ0n) is 18.6. The molecule has 0 radical (unpaired) electrons. The molecule has 0 spiro atoms. The molecule has 5 rings (SSSR count). The first-order chi connectivity index (χ1) is 16.0. The van der Waals surface area contributed by atoms with E-state index in [9.17, 15) is 4.79 Å². The van der Waals surface area contributed by atoms with Crippen LogP contribution in [-0.4, -0.2) is 32.0 Å². The van der Waals surface area contributed by atoms with Crippen LogP contribution >= 0.6 is 0 Å². The summed E-state index contributed by atoms with van der Waals surface area (Å²) in [6.07, 6.45) is 0. The van der Waals surface area contributed by atoms with Crippen molar-refractivity contribution in [2.24, 2.45) is 0 Å². The van der Waals surface area contributed by atoms with Gasteiger partial charge in [-0.3, -0.25) is 9.36 Å². The van der Waals surface area contributed by atoms with E-state index in [-0.39, 0.29) is 5.56 Å². The molecule has 2 aromatic heterocycles. The Morgan fingerprint density at radius 2 is 1.73 bits per heavy atom. The number of hydrogen-bond donors (Lipinski definition) is 1. The summed E-state index contributed by atoms with van der Waals surface area (Å²) in [6, 6.07) is 22.2. The number of hydrogen-bond acceptors (Lipinski definition) is 5. The van der Waals surface area contributed by atoms with Crippen LogP contribution in [0, 0.1) is 0 Å². The molecule has 0 saturated carbocycles. The molecule has 0 fully saturated rings. The second kappa shape index (κ2) is 8.35. The fraction of sp³-hybridized carbons (Fsp3) is 0.154. The Labute approximate surface area is 191 Å². The molecule has 2 heterocycles. The maximum absolute atomic E-state index is 12.3. The Morgan fingerprint density at radius 3 is 2.52 bits per heavy atom. The Hall–Kier alpha value is -4.26. The number of benzene rings is 3. The van der Waals surface area contributed by atoms with Crippen molar-refractivity contribution in [3.63, 3.8) is 0 Å². The summed E-state index contributed by atoms with van der Waals surface area (Å²) >= 11 is 0. The van der Waals surface area contributed by atoms with Crippen LogP contribution in [0.1, 0.15) is 12.5 Å². The highest BCUT2D eigenvalue weighted by molar-refractivity contribution is 5.92. The zero-order chi connectivity index (χ0) is 22.9. The summed E-state index contributed by atoms with van der Waals surface area (Å²) in [5, 5.41) is 19.6. The second-order valence-corrected chi connectivity index (χ2v) is 8.35. The standard InChI is InChI=1S/C26H24N6O/c1-17(2)15-32-24(23-21-10-6-7-11-22(21)25(33)29-27-23)28-30-26(32)31(3)16-18-12-13-19-8-4-5-9-20(19)14-18/h4-14H,1,15-16H2,2-3H3,(H,29,33). The third-order valence-electron chi connectivity index (χ3n) is 5.64. The van der Waals surface area contributed by atoms with Crippen LogP contribution in [0.3, 0.4) is 0 Å². The van der Waals surface area contributed by atoms with Gasteiger partial charge in [-0.2, -0.15) is 5.10 Å². The van der Waals surface area contributed by atoms with E-state index in [0.29, 0.717) is 35.9 Å². The van der Waals surface area contributed by atoms with Gasteiger partial charge in [0, 0.05) is 25.5 Å². The van der Waals surface area contributed by atoms with Crippen molar-refractivity contribution in [2.75, 3.05) is 11.9 Å². The molecule has 5 aromatic rings. The van der Waals surface area contributed by atoms with Crippen LogP contribution in [0.15, 0.2) is 83.7 Å². The van der Waals surface area contributed by atoms with Crippen LogP contribution in [-0.2, 0) is 13.1 Å². The quantitative estimate of drug-likeness (QED) is 0.395. The van der Waals surface area contributed by atoms with E-state index >= 15 is 0 Å². The normalized spacial score (nSPS) is 11.2. The first-order valence-electron chi connectivity index (χ1n) is 10.8. The number of aromatic amines is 1. The lowest BCUT2D eigenvalue weighted by Gasteiger charge is -2.20. The minimum absolute atomic E-state index is 0.228. The van der Waals surface area contributed by atoms with Gasteiger partial charge < -0.3 is 4.90 Å². The number of nitrogens with zero attached hydrogens (tertiary/aromatic N) is 5. The topological polar surface area (TPSA) is 79.7 Å². The van der Waals surface area contributed by atoms with E-state index in [1.54, 1.807) is 6.07 Å². The molecule has 33 heavy (non-hydrogen) atoms. The third-order valence-corrected chi connectivity index (χ3v) is 5.64. The van der Waals surface area contributed by atoms with Gasteiger partial charge >= 0.3 is 0 Å². The van der Waals surface area contributed by atoms with Gasteiger partial charge in [-0.15, -0.1) is 10.2 Å². The summed E-state index contributed by atoms with van der Waals surface area (Å²) in [5.41, 5.74) is 2.50. The number of anilines is 1. The number of H-pyrrole nitrogens is 1. The summed E-state index contributed by atoms with van der Waals surface area (Å²) in [7, 11) is 2.00. The Morgan fingerprint density at radius 1 is 1.00 bits per heavy atom. The van der Waals surface area contributed by atoms with Crippen molar-refractivity contribution < 1.29 is 0 Å². The lowest BCUT2D eigenvalue weighted by atomic mass is 10.1. The lowest BCUT2D eigenvalue weighted by molar-refractivity contribution is 0.744. The van der Waals surface area contributed by atoms with Gasteiger partial charge in [-0.05, 0) is 35.4 Å². The summed E-state index contributed by atoms with van der Waals surface area (Å²) in [4.78, 5) is 14.3. The van der Waals surface area contributed by atoms with Crippen molar-refractivity contribution in [3.8, 4) is 11.5 Å². The molecule has 0 aliphatic rings. The number of nitrogens with one attached hydrogen (secondary N) is 1. The number of rotatable bonds is 6. The predicted octanol–water partition coefficient (Wildman–Crippen LogP) is 4.55. The SMILES string of the molecule is C=C(C)Cn1c(-c2n[nH]c(=O)c3ccccc23)nnc1N(C)Cc1ccc2ccccc2c1. The smallest absolute Gasteiger partial charge is 0.272 e. The summed E-state index contributed by atoms with van der Waals surface area (Å²) in [6.45, 7) is 7.26. The monoisotopic (exact) mass is 436 g/mol. The lowest BCUT2D eigenvalue weighted by Crippen LogP contribution is -2.21. The summed E-state index contributed by atoms with van der Waals surface area (Å²) in [5.74, 6) is 1.30. The van der Waals surface area contributed by atoms with Gasteiger partial charge in [-0.1, -0.05) is 66.7 Å². The maximum Gasteiger partial charge on any atom is 0.272 e.